The average Bonchev–Trinajstić information content (AvgIpc) is 2.88. The molecular weight excluding hydrogens is 290 g/mol. The first-order chi connectivity index (χ1) is 10.1. The van der Waals surface area contributed by atoms with Crippen molar-refractivity contribution in [1.82, 2.24) is 4.31 Å². The van der Waals surface area contributed by atoms with Gasteiger partial charge in [-0.1, -0.05) is 6.42 Å². The SMILES string of the molecule is O=S(=O)(c1ccc2c(c1)CCO2)N(CCCO)C1CCC1. The third-order valence-electron chi connectivity index (χ3n) is 4.29. The Balaban J connectivity index is 1.89. The number of rotatable bonds is 6. The lowest BCUT2D eigenvalue weighted by Gasteiger charge is -2.36. The summed E-state index contributed by atoms with van der Waals surface area (Å²) in [6, 6.07) is 5.21. The van der Waals surface area contributed by atoms with Crippen LogP contribution in [-0.2, 0) is 16.4 Å². The quantitative estimate of drug-likeness (QED) is 0.865. The fourth-order valence-corrected chi connectivity index (χ4v) is 4.63. The number of sulfonamides is 1. The number of hydrogen-bond acceptors (Lipinski definition) is 4. The maximum atomic E-state index is 12.9. The number of aliphatic hydroxyl groups excluding tert-OH is 1. The summed E-state index contributed by atoms with van der Waals surface area (Å²) in [6.07, 6.45) is 4.15. The van der Waals surface area contributed by atoms with E-state index in [-0.39, 0.29) is 12.6 Å². The van der Waals surface area contributed by atoms with Crippen molar-refractivity contribution in [2.45, 2.75) is 43.0 Å². The first-order valence-electron chi connectivity index (χ1n) is 7.51. The predicted octanol–water partition coefficient (Wildman–Crippen LogP) is 1.55. The lowest BCUT2D eigenvalue weighted by atomic mass is 9.93. The zero-order valence-corrected chi connectivity index (χ0v) is 12.8. The lowest BCUT2D eigenvalue weighted by molar-refractivity contribution is 0.198. The van der Waals surface area contributed by atoms with Gasteiger partial charge in [0.15, 0.2) is 0 Å². The topological polar surface area (TPSA) is 66.8 Å². The number of hydrogen-bond donors (Lipinski definition) is 1. The van der Waals surface area contributed by atoms with Gasteiger partial charge in [0.1, 0.15) is 5.75 Å². The standard InChI is InChI=1S/C15H21NO4S/c17-9-2-8-16(13-3-1-4-13)21(18,19)14-5-6-15-12(11-14)7-10-20-15/h5-6,11,13,17H,1-4,7-10H2. The van der Waals surface area contributed by atoms with E-state index in [0.29, 0.717) is 24.5 Å². The first kappa shape index (κ1) is 14.8. The molecule has 1 aliphatic heterocycles. The molecule has 0 spiro atoms. The molecule has 1 N–H and O–H groups in total. The van der Waals surface area contributed by atoms with Gasteiger partial charge >= 0.3 is 0 Å². The van der Waals surface area contributed by atoms with Gasteiger partial charge in [0.05, 0.1) is 11.5 Å². The van der Waals surface area contributed by atoms with Crippen LogP contribution in [0.5, 0.6) is 5.75 Å². The maximum absolute atomic E-state index is 12.9. The minimum absolute atomic E-state index is 0.0107. The van der Waals surface area contributed by atoms with Crippen LogP contribution in [0.25, 0.3) is 0 Å². The molecule has 0 atom stereocenters. The molecule has 3 rings (SSSR count). The molecule has 21 heavy (non-hydrogen) atoms. The monoisotopic (exact) mass is 311 g/mol. The summed E-state index contributed by atoms with van der Waals surface area (Å²) in [5.74, 6) is 0.791. The number of fused-ring (bicyclic) bond motifs is 1. The van der Waals surface area contributed by atoms with E-state index in [1.54, 1.807) is 22.5 Å². The Morgan fingerprint density at radius 1 is 1.33 bits per heavy atom. The molecule has 0 saturated heterocycles. The highest BCUT2D eigenvalue weighted by Crippen LogP contribution is 2.33. The Hall–Kier alpha value is -1.11. The molecule has 2 aliphatic rings. The summed E-state index contributed by atoms with van der Waals surface area (Å²) in [4.78, 5) is 0.344. The Morgan fingerprint density at radius 3 is 2.81 bits per heavy atom. The fourth-order valence-electron chi connectivity index (χ4n) is 2.86. The van der Waals surface area contributed by atoms with E-state index < -0.39 is 10.0 Å². The molecule has 1 aliphatic carbocycles. The van der Waals surface area contributed by atoms with Crippen LogP contribution < -0.4 is 4.74 Å². The molecule has 0 unspecified atom stereocenters. The second kappa shape index (κ2) is 5.94. The molecule has 6 heteroatoms. The van der Waals surface area contributed by atoms with E-state index in [0.717, 1.165) is 37.0 Å². The van der Waals surface area contributed by atoms with Crippen LogP contribution in [0.4, 0.5) is 0 Å². The molecule has 1 saturated carbocycles. The molecule has 0 radical (unpaired) electrons. The molecule has 1 heterocycles. The van der Waals surface area contributed by atoms with Crippen LogP contribution >= 0.6 is 0 Å². The molecule has 1 fully saturated rings. The zero-order valence-electron chi connectivity index (χ0n) is 12.0. The molecule has 0 aromatic heterocycles. The van der Waals surface area contributed by atoms with Gasteiger partial charge in [0, 0.05) is 25.6 Å². The van der Waals surface area contributed by atoms with E-state index in [1.807, 2.05) is 0 Å². The van der Waals surface area contributed by atoms with Gasteiger partial charge in [-0.3, -0.25) is 0 Å². The molecule has 0 bridgehead atoms. The largest absolute Gasteiger partial charge is 0.493 e. The molecule has 116 valence electrons. The number of nitrogens with zero attached hydrogens (tertiary/aromatic N) is 1. The summed E-state index contributed by atoms with van der Waals surface area (Å²) in [5.41, 5.74) is 0.965. The van der Waals surface area contributed by atoms with Crippen LogP contribution in [0.15, 0.2) is 23.1 Å². The molecule has 1 aromatic rings. The smallest absolute Gasteiger partial charge is 0.243 e. The van der Waals surface area contributed by atoms with Crippen molar-refractivity contribution in [1.29, 1.82) is 0 Å². The van der Waals surface area contributed by atoms with Gasteiger partial charge in [-0.2, -0.15) is 4.31 Å². The van der Waals surface area contributed by atoms with E-state index >= 15 is 0 Å². The Morgan fingerprint density at radius 2 is 2.14 bits per heavy atom. The molecule has 1 aromatic carbocycles. The van der Waals surface area contributed by atoms with Crippen LogP contribution in [0.3, 0.4) is 0 Å². The molecule has 5 nitrogen and oxygen atoms in total. The van der Waals surface area contributed by atoms with Crippen LogP contribution in [0.1, 0.15) is 31.2 Å². The van der Waals surface area contributed by atoms with Crippen LogP contribution in [-0.4, -0.2) is 43.6 Å². The molecular formula is C15H21NO4S. The number of aliphatic hydroxyl groups is 1. The average molecular weight is 311 g/mol. The minimum Gasteiger partial charge on any atom is -0.493 e. The van der Waals surface area contributed by atoms with Crippen molar-refractivity contribution in [3.8, 4) is 5.75 Å². The Bertz CT molecular complexity index is 610. The van der Waals surface area contributed by atoms with Crippen molar-refractivity contribution in [2.24, 2.45) is 0 Å². The van der Waals surface area contributed by atoms with Crippen molar-refractivity contribution >= 4 is 10.0 Å². The van der Waals surface area contributed by atoms with Gasteiger partial charge in [-0.05, 0) is 43.0 Å². The maximum Gasteiger partial charge on any atom is 0.243 e. The van der Waals surface area contributed by atoms with Crippen LogP contribution in [0.2, 0.25) is 0 Å². The highest BCUT2D eigenvalue weighted by atomic mass is 32.2. The molecule has 0 amide bonds. The highest BCUT2D eigenvalue weighted by molar-refractivity contribution is 7.89. The Kier molecular flexibility index (Phi) is 4.19. The minimum atomic E-state index is -3.49. The van der Waals surface area contributed by atoms with Crippen molar-refractivity contribution in [3.63, 3.8) is 0 Å². The predicted molar refractivity (Wildman–Crippen MR) is 78.9 cm³/mol. The van der Waals surface area contributed by atoms with Crippen LogP contribution in [0, 0.1) is 0 Å². The summed E-state index contributed by atoms with van der Waals surface area (Å²) in [6.45, 7) is 1.02. The third-order valence-corrected chi connectivity index (χ3v) is 6.23. The van der Waals surface area contributed by atoms with E-state index in [9.17, 15) is 8.42 Å². The number of ether oxygens (including phenoxy) is 1. The van der Waals surface area contributed by atoms with Gasteiger partial charge in [0.2, 0.25) is 10.0 Å². The van der Waals surface area contributed by atoms with Gasteiger partial charge in [-0.25, -0.2) is 8.42 Å². The second-order valence-corrected chi connectivity index (χ2v) is 7.54. The highest BCUT2D eigenvalue weighted by Gasteiger charge is 2.34. The van der Waals surface area contributed by atoms with Crippen molar-refractivity contribution < 1.29 is 18.3 Å². The van der Waals surface area contributed by atoms with Gasteiger partial charge < -0.3 is 9.84 Å². The van der Waals surface area contributed by atoms with E-state index in [1.165, 1.54) is 0 Å². The van der Waals surface area contributed by atoms with Crippen molar-refractivity contribution in [2.75, 3.05) is 19.8 Å². The number of benzene rings is 1. The zero-order chi connectivity index (χ0) is 14.9. The van der Waals surface area contributed by atoms with Gasteiger partial charge in [0.25, 0.3) is 0 Å². The third kappa shape index (κ3) is 2.80. The normalized spacial score (nSPS) is 18.4. The summed E-state index contributed by atoms with van der Waals surface area (Å²) < 4.78 is 32.8. The van der Waals surface area contributed by atoms with Gasteiger partial charge in [-0.15, -0.1) is 0 Å². The fraction of sp³-hybridized carbons (Fsp3) is 0.600. The Labute approximate surface area is 125 Å². The summed E-state index contributed by atoms with van der Waals surface area (Å²) >= 11 is 0. The van der Waals surface area contributed by atoms with E-state index in [4.69, 9.17) is 9.84 Å². The van der Waals surface area contributed by atoms with E-state index in [2.05, 4.69) is 0 Å². The second-order valence-electron chi connectivity index (χ2n) is 5.65. The summed E-state index contributed by atoms with van der Waals surface area (Å²) in [7, 11) is -3.49. The summed E-state index contributed by atoms with van der Waals surface area (Å²) in [5, 5.41) is 9.01. The lowest BCUT2D eigenvalue weighted by Crippen LogP contribution is -2.44. The first-order valence-corrected chi connectivity index (χ1v) is 8.95. The van der Waals surface area contributed by atoms with Crippen molar-refractivity contribution in [3.05, 3.63) is 23.8 Å².